The van der Waals surface area contributed by atoms with Crippen LogP contribution >= 0.6 is 27.5 Å². The fourth-order valence-electron chi connectivity index (χ4n) is 1.85. The molecule has 0 aliphatic heterocycles. The molecule has 0 amide bonds. The topological polar surface area (TPSA) is 25.8 Å². The second-order valence-corrected chi connectivity index (χ2v) is 6.20. The normalized spacial score (nSPS) is 23.9. The zero-order valence-electron chi connectivity index (χ0n) is 9.80. The second kappa shape index (κ2) is 4.61. The van der Waals surface area contributed by atoms with E-state index in [2.05, 4.69) is 46.7 Å². The van der Waals surface area contributed by atoms with Gasteiger partial charge in [-0.3, -0.25) is 0 Å². The highest BCUT2D eigenvalue weighted by Crippen LogP contribution is 2.46. The Morgan fingerprint density at radius 2 is 2.06 bits per heavy atom. The summed E-state index contributed by atoms with van der Waals surface area (Å²) in [5, 5.41) is 0.555. The van der Waals surface area contributed by atoms with E-state index in [4.69, 9.17) is 11.6 Å². The van der Waals surface area contributed by atoms with Crippen LogP contribution in [0.1, 0.15) is 44.6 Å². The number of nitrogens with zero attached hydrogens (tertiary/aromatic N) is 2. The number of hydrogen-bond donors (Lipinski definition) is 0. The molecule has 0 spiro atoms. The molecule has 0 saturated heterocycles. The smallest absolute Gasteiger partial charge is 0.147 e. The molecule has 2 rings (SSSR count). The molecule has 1 aliphatic rings. The first-order valence-corrected chi connectivity index (χ1v) is 6.88. The van der Waals surface area contributed by atoms with Crippen LogP contribution in [0.3, 0.4) is 0 Å². The molecule has 1 aromatic rings. The molecule has 2 nitrogen and oxygen atoms in total. The largest absolute Gasteiger partial charge is 0.236 e. The van der Waals surface area contributed by atoms with E-state index in [0.29, 0.717) is 22.9 Å². The minimum absolute atomic E-state index is 0.525. The van der Waals surface area contributed by atoms with Gasteiger partial charge in [0, 0.05) is 5.92 Å². The zero-order valence-corrected chi connectivity index (χ0v) is 12.1. The molecule has 1 saturated carbocycles. The third-order valence-corrected chi connectivity index (χ3v) is 4.27. The second-order valence-electron chi connectivity index (χ2n) is 5.05. The van der Waals surface area contributed by atoms with Crippen molar-refractivity contribution >= 4 is 27.5 Å². The lowest BCUT2D eigenvalue weighted by atomic mass is 10.1. The summed E-state index contributed by atoms with van der Waals surface area (Å²) in [5.41, 5.74) is 1.05. The van der Waals surface area contributed by atoms with Crippen molar-refractivity contribution in [3.8, 4) is 0 Å². The van der Waals surface area contributed by atoms with E-state index in [1.54, 1.807) is 0 Å². The van der Waals surface area contributed by atoms with Crippen molar-refractivity contribution in [3.63, 3.8) is 0 Å². The van der Waals surface area contributed by atoms with Crippen LogP contribution in [-0.4, -0.2) is 9.97 Å². The van der Waals surface area contributed by atoms with Crippen molar-refractivity contribution in [1.82, 2.24) is 9.97 Å². The van der Waals surface area contributed by atoms with Gasteiger partial charge in [-0.05, 0) is 40.6 Å². The number of hydrogen-bond acceptors (Lipinski definition) is 2. The van der Waals surface area contributed by atoms with Crippen molar-refractivity contribution in [2.45, 2.75) is 39.5 Å². The van der Waals surface area contributed by atoms with Crippen LogP contribution in [0.2, 0.25) is 5.15 Å². The standard InChI is InChI=1S/C12H16BrClN2/c1-6(2)4-9-10(13)11(14)16-12(15-9)8-5-7(8)3/h6-8H,4-5H2,1-3H3. The van der Waals surface area contributed by atoms with Crippen molar-refractivity contribution in [2.24, 2.45) is 11.8 Å². The van der Waals surface area contributed by atoms with Gasteiger partial charge in [-0.25, -0.2) is 9.97 Å². The van der Waals surface area contributed by atoms with E-state index in [-0.39, 0.29) is 0 Å². The van der Waals surface area contributed by atoms with Gasteiger partial charge in [-0.1, -0.05) is 32.4 Å². The Balaban J connectivity index is 2.31. The lowest BCUT2D eigenvalue weighted by Crippen LogP contribution is -2.04. The number of halogens is 2. The first-order valence-electron chi connectivity index (χ1n) is 5.70. The Hall–Kier alpha value is -0.150. The molecule has 1 aromatic heterocycles. The first-order chi connectivity index (χ1) is 7.49. The average molecular weight is 304 g/mol. The van der Waals surface area contributed by atoms with Crippen molar-refractivity contribution in [2.75, 3.05) is 0 Å². The van der Waals surface area contributed by atoms with E-state index < -0.39 is 0 Å². The molecule has 4 heteroatoms. The Morgan fingerprint density at radius 1 is 1.44 bits per heavy atom. The molecule has 0 aromatic carbocycles. The number of aromatic nitrogens is 2. The highest BCUT2D eigenvalue weighted by molar-refractivity contribution is 9.10. The molecule has 0 radical (unpaired) electrons. The van der Waals surface area contributed by atoms with Gasteiger partial charge in [0.1, 0.15) is 11.0 Å². The summed E-state index contributed by atoms with van der Waals surface area (Å²) in [6, 6.07) is 0. The van der Waals surface area contributed by atoms with Gasteiger partial charge < -0.3 is 0 Å². The molecular weight excluding hydrogens is 288 g/mol. The highest BCUT2D eigenvalue weighted by Gasteiger charge is 2.37. The van der Waals surface area contributed by atoms with Crippen molar-refractivity contribution < 1.29 is 0 Å². The molecule has 2 atom stereocenters. The summed E-state index contributed by atoms with van der Waals surface area (Å²) < 4.78 is 0.861. The maximum atomic E-state index is 6.12. The maximum Gasteiger partial charge on any atom is 0.147 e. The Morgan fingerprint density at radius 3 is 2.56 bits per heavy atom. The SMILES string of the molecule is CC(C)Cc1nc(C2CC2C)nc(Cl)c1Br. The van der Waals surface area contributed by atoms with Crippen LogP contribution in [-0.2, 0) is 6.42 Å². The summed E-state index contributed by atoms with van der Waals surface area (Å²) in [5.74, 6) is 2.74. The quantitative estimate of drug-likeness (QED) is 0.782. The van der Waals surface area contributed by atoms with Gasteiger partial charge in [0.25, 0.3) is 0 Å². The van der Waals surface area contributed by atoms with Gasteiger partial charge in [0.2, 0.25) is 0 Å². The predicted molar refractivity (Wildman–Crippen MR) is 69.8 cm³/mol. The van der Waals surface area contributed by atoms with E-state index in [1.165, 1.54) is 6.42 Å². The Bertz CT molecular complexity index is 406. The molecule has 0 N–H and O–H groups in total. The fourth-order valence-corrected chi connectivity index (χ4v) is 2.39. The summed E-state index contributed by atoms with van der Waals surface area (Å²) in [4.78, 5) is 9.00. The van der Waals surface area contributed by atoms with Crippen molar-refractivity contribution in [1.29, 1.82) is 0 Å². The molecule has 88 valence electrons. The van der Waals surface area contributed by atoms with Gasteiger partial charge in [0.05, 0.1) is 10.2 Å². The molecule has 16 heavy (non-hydrogen) atoms. The van der Waals surface area contributed by atoms with Crippen molar-refractivity contribution in [3.05, 3.63) is 21.1 Å². The summed E-state index contributed by atoms with van der Waals surface area (Å²) in [7, 11) is 0. The molecule has 2 unspecified atom stereocenters. The van der Waals surface area contributed by atoms with Gasteiger partial charge in [-0.15, -0.1) is 0 Å². The van der Waals surface area contributed by atoms with Crippen LogP contribution in [0.15, 0.2) is 4.47 Å². The lowest BCUT2D eigenvalue weighted by Gasteiger charge is -2.09. The molecular formula is C12H16BrClN2. The van der Waals surface area contributed by atoms with Crippen LogP contribution in [0.5, 0.6) is 0 Å². The molecule has 0 bridgehead atoms. The maximum absolute atomic E-state index is 6.12. The van der Waals surface area contributed by atoms with Crippen LogP contribution in [0, 0.1) is 11.8 Å². The average Bonchev–Trinajstić information content (AvgIpc) is 2.89. The van der Waals surface area contributed by atoms with Crippen LogP contribution < -0.4 is 0 Å². The van der Waals surface area contributed by atoms with Crippen LogP contribution in [0.25, 0.3) is 0 Å². The third-order valence-electron chi connectivity index (χ3n) is 2.94. The van der Waals surface area contributed by atoms with Gasteiger partial charge in [0.15, 0.2) is 0 Å². The Labute approximate surface area is 110 Å². The van der Waals surface area contributed by atoms with Gasteiger partial charge in [-0.2, -0.15) is 0 Å². The summed E-state index contributed by atoms with van der Waals surface area (Å²) in [6.45, 7) is 6.59. The number of rotatable bonds is 3. The molecule has 1 fully saturated rings. The van der Waals surface area contributed by atoms with E-state index in [1.807, 2.05) is 0 Å². The lowest BCUT2D eigenvalue weighted by molar-refractivity contribution is 0.626. The van der Waals surface area contributed by atoms with E-state index >= 15 is 0 Å². The van der Waals surface area contributed by atoms with Gasteiger partial charge >= 0.3 is 0 Å². The zero-order chi connectivity index (χ0) is 11.9. The summed E-state index contributed by atoms with van der Waals surface area (Å²) in [6.07, 6.45) is 2.13. The highest BCUT2D eigenvalue weighted by atomic mass is 79.9. The van der Waals surface area contributed by atoms with E-state index in [0.717, 1.165) is 22.4 Å². The van der Waals surface area contributed by atoms with Crippen LogP contribution in [0.4, 0.5) is 0 Å². The minimum Gasteiger partial charge on any atom is -0.236 e. The minimum atomic E-state index is 0.525. The predicted octanol–water partition coefficient (Wildman–Crippen LogP) is 4.21. The third kappa shape index (κ3) is 2.57. The summed E-state index contributed by atoms with van der Waals surface area (Å²) >= 11 is 9.59. The first kappa shape index (κ1) is 12.3. The Kier molecular flexibility index (Phi) is 3.55. The van der Waals surface area contributed by atoms with E-state index in [9.17, 15) is 0 Å². The molecule has 1 heterocycles. The monoisotopic (exact) mass is 302 g/mol. The fraction of sp³-hybridized carbons (Fsp3) is 0.667. The molecule has 1 aliphatic carbocycles.